The Bertz CT molecular complexity index is 796. The molecule has 5 nitrogen and oxygen atoms in total. The van der Waals surface area contributed by atoms with E-state index in [1.54, 1.807) is 0 Å². The van der Waals surface area contributed by atoms with E-state index in [4.69, 9.17) is 5.73 Å². The number of anilines is 2. The topological polar surface area (TPSA) is 67.1 Å². The Balaban J connectivity index is 1.84. The average Bonchev–Trinajstić information content (AvgIpc) is 2.59. The minimum atomic E-state index is 0.563. The predicted octanol–water partition coefficient (Wildman–Crippen LogP) is 2.77. The number of hydrogen-bond acceptors (Lipinski definition) is 5. The summed E-state index contributed by atoms with van der Waals surface area (Å²) in [5.74, 6) is 1.55. The second kappa shape index (κ2) is 6.62. The Morgan fingerprint density at radius 3 is 2.35 bits per heavy atom. The number of benzene rings is 2. The fraction of sp³-hybridized carbons (Fsp3) is 0.222. The van der Waals surface area contributed by atoms with E-state index in [-0.39, 0.29) is 0 Å². The second-order valence-corrected chi connectivity index (χ2v) is 5.66. The zero-order valence-electron chi connectivity index (χ0n) is 13.5. The largest absolute Gasteiger partial charge is 0.362 e. The molecule has 0 aliphatic carbocycles. The maximum atomic E-state index is 5.62. The molecule has 5 heteroatoms. The first-order valence-electron chi connectivity index (χ1n) is 7.63. The Morgan fingerprint density at radius 2 is 1.65 bits per heavy atom. The van der Waals surface area contributed by atoms with E-state index in [1.807, 2.05) is 55.4 Å². The number of nitrogens with two attached hydrogens (primary N) is 1. The van der Waals surface area contributed by atoms with E-state index in [9.17, 15) is 0 Å². The Kier molecular flexibility index (Phi) is 4.39. The lowest BCUT2D eigenvalue weighted by Crippen LogP contribution is -2.13. The predicted molar refractivity (Wildman–Crippen MR) is 95.5 cm³/mol. The van der Waals surface area contributed by atoms with Crippen LogP contribution in [0.5, 0.6) is 0 Å². The highest BCUT2D eigenvalue weighted by Gasteiger charge is 2.08. The molecule has 1 aromatic heterocycles. The van der Waals surface area contributed by atoms with Crippen molar-refractivity contribution in [2.24, 2.45) is 5.73 Å². The number of fused-ring (bicyclic) bond motifs is 1. The van der Waals surface area contributed by atoms with Crippen molar-refractivity contribution in [1.29, 1.82) is 0 Å². The minimum absolute atomic E-state index is 0.563. The Morgan fingerprint density at radius 1 is 0.957 bits per heavy atom. The van der Waals surface area contributed by atoms with E-state index in [2.05, 4.69) is 27.4 Å². The highest BCUT2D eigenvalue weighted by Crippen LogP contribution is 2.23. The van der Waals surface area contributed by atoms with E-state index < -0.39 is 0 Å². The van der Waals surface area contributed by atoms with Crippen LogP contribution in [0.3, 0.4) is 0 Å². The highest BCUT2D eigenvalue weighted by molar-refractivity contribution is 5.90. The lowest BCUT2D eigenvalue weighted by molar-refractivity contribution is 1.02. The summed E-state index contributed by atoms with van der Waals surface area (Å²) in [5.41, 5.74) is 8.86. The van der Waals surface area contributed by atoms with Crippen LogP contribution in [0.4, 0.5) is 11.8 Å². The summed E-state index contributed by atoms with van der Waals surface area (Å²) < 4.78 is 0. The molecule has 0 radical (unpaired) electrons. The molecule has 3 N–H and O–H groups in total. The smallest absolute Gasteiger partial charge is 0.225 e. The lowest BCUT2D eigenvalue weighted by atomic mass is 10.1. The summed E-state index contributed by atoms with van der Waals surface area (Å²) in [6, 6.07) is 16.3. The SMILES string of the molecule is CN(C)c1nc(NCc2ccc(CN)cc2)nc2ccccc12. The van der Waals surface area contributed by atoms with Crippen molar-refractivity contribution in [2.45, 2.75) is 13.1 Å². The van der Waals surface area contributed by atoms with Crippen LogP contribution in [0.2, 0.25) is 0 Å². The van der Waals surface area contributed by atoms with Crippen molar-refractivity contribution in [1.82, 2.24) is 9.97 Å². The minimum Gasteiger partial charge on any atom is -0.362 e. The summed E-state index contributed by atoms with van der Waals surface area (Å²) in [5, 5.41) is 4.36. The first kappa shape index (κ1) is 15.2. The standard InChI is InChI=1S/C18H21N5/c1-23(2)17-15-5-3-4-6-16(15)21-18(22-17)20-12-14-9-7-13(11-19)8-10-14/h3-10H,11-12,19H2,1-2H3,(H,20,21,22). The third kappa shape index (κ3) is 3.40. The van der Waals surface area contributed by atoms with Crippen LogP contribution in [-0.2, 0) is 13.1 Å². The maximum absolute atomic E-state index is 5.62. The van der Waals surface area contributed by atoms with Gasteiger partial charge < -0.3 is 16.0 Å². The van der Waals surface area contributed by atoms with Crippen molar-refractivity contribution in [2.75, 3.05) is 24.3 Å². The van der Waals surface area contributed by atoms with Crippen LogP contribution >= 0.6 is 0 Å². The highest BCUT2D eigenvalue weighted by atomic mass is 15.2. The molecule has 0 saturated carbocycles. The van der Waals surface area contributed by atoms with Crippen LogP contribution in [0.1, 0.15) is 11.1 Å². The second-order valence-electron chi connectivity index (χ2n) is 5.66. The first-order valence-corrected chi connectivity index (χ1v) is 7.63. The molecule has 3 aromatic rings. The van der Waals surface area contributed by atoms with Gasteiger partial charge in [-0.1, -0.05) is 36.4 Å². The summed E-state index contributed by atoms with van der Waals surface area (Å²) >= 11 is 0. The number of para-hydroxylation sites is 1. The van der Waals surface area contributed by atoms with Gasteiger partial charge in [0.05, 0.1) is 5.52 Å². The van der Waals surface area contributed by atoms with Crippen molar-refractivity contribution in [3.05, 3.63) is 59.7 Å². The molecule has 0 unspecified atom stereocenters. The van der Waals surface area contributed by atoms with Gasteiger partial charge in [0.15, 0.2) is 0 Å². The van der Waals surface area contributed by atoms with Gasteiger partial charge in [0.1, 0.15) is 5.82 Å². The molecule has 23 heavy (non-hydrogen) atoms. The zero-order valence-corrected chi connectivity index (χ0v) is 13.5. The van der Waals surface area contributed by atoms with E-state index in [0.29, 0.717) is 19.0 Å². The number of nitrogens with zero attached hydrogens (tertiary/aromatic N) is 3. The first-order chi connectivity index (χ1) is 11.2. The quantitative estimate of drug-likeness (QED) is 0.758. The molecule has 0 saturated heterocycles. The van der Waals surface area contributed by atoms with Gasteiger partial charge in [0.2, 0.25) is 5.95 Å². The normalized spacial score (nSPS) is 10.7. The third-order valence-electron chi connectivity index (χ3n) is 3.72. The summed E-state index contributed by atoms with van der Waals surface area (Å²) in [6.45, 7) is 1.24. The summed E-state index contributed by atoms with van der Waals surface area (Å²) in [7, 11) is 3.98. The van der Waals surface area contributed by atoms with E-state index in [1.165, 1.54) is 5.56 Å². The number of aromatic nitrogens is 2. The Hall–Kier alpha value is -2.66. The molecule has 0 aliphatic rings. The Labute approximate surface area is 136 Å². The van der Waals surface area contributed by atoms with Gasteiger partial charge in [-0.3, -0.25) is 0 Å². The van der Waals surface area contributed by atoms with Crippen molar-refractivity contribution >= 4 is 22.7 Å². The maximum Gasteiger partial charge on any atom is 0.225 e. The molecule has 2 aromatic carbocycles. The number of hydrogen-bond donors (Lipinski definition) is 2. The molecular weight excluding hydrogens is 286 g/mol. The van der Waals surface area contributed by atoms with Crippen LogP contribution in [0.15, 0.2) is 48.5 Å². The fourth-order valence-corrected chi connectivity index (χ4v) is 2.45. The molecule has 0 aliphatic heterocycles. The van der Waals surface area contributed by atoms with Gasteiger partial charge in [-0.15, -0.1) is 0 Å². The van der Waals surface area contributed by atoms with E-state index >= 15 is 0 Å². The molecule has 1 heterocycles. The molecule has 3 rings (SSSR count). The fourth-order valence-electron chi connectivity index (χ4n) is 2.45. The van der Waals surface area contributed by atoms with Crippen LogP contribution in [-0.4, -0.2) is 24.1 Å². The molecule has 0 bridgehead atoms. The van der Waals surface area contributed by atoms with Gasteiger partial charge in [-0.25, -0.2) is 4.98 Å². The van der Waals surface area contributed by atoms with Crippen LogP contribution < -0.4 is 16.0 Å². The molecule has 0 atom stereocenters. The van der Waals surface area contributed by atoms with Crippen molar-refractivity contribution in [3.63, 3.8) is 0 Å². The van der Waals surface area contributed by atoms with Gasteiger partial charge in [-0.2, -0.15) is 4.98 Å². The zero-order chi connectivity index (χ0) is 16.2. The molecule has 0 spiro atoms. The monoisotopic (exact) mass is 307 g/mol. The molecular formula is C18H21N5. The summed E-state index contributed by atoms with van der Waals surface area (Å²) in [4.78, 5) is 11.2. The van der Waals surface area contributed by atoms with Crippen molar-refractivity contribution < 1.29 is 0 Å². The molecule has 118 valence electrons. The molecule has 0 amide bonds. The number of nitrogens with one attached hydrogen (secondary N) is 1. The van der Waals surface area contributed by atoms with Crippen LogP contribution in [0.25, 0.3) is 10.9 Å². The number of rotatable bonds is 5. The van der Waals surface area contributed by atoms with Crippen LogP contribution in [0, 0.1) is 0 Å². The summed E-state index contributed by atoms with van der Waals surface area (Å²) in [6.07, 6.45) is 0. The van der Waals surface area contributed by atoms with Gasteiger partial charge in [0.25, 0.3) is 0 Å². The van der Waals surface area contributed by atoms with Gasteiger partial charge in [0, 0.05) is 32.6 Å². The lowest BCUT2D eigenvalue weighted by Gasteiger charge is -2.16. The third-order valence-corrected chi connectivity index (χ3v) is 3.72. The molecule has 0 fully saturated rings. The van der Waals surface area contributed by atoms with Crippen molar-refractivity contribution in [3.8, 4) is 0 Å². The van der Waals surface area contributed by atoms with Gasteiger partial charge in [-0.05, 0) is 23.3 Å². The van der Waals surface area contributed by atoms with E-state index in [0.717, 1.165) is 22.3 Å². The van der Waals surface area contributed by atoms with Gasteiger partial charge >= 0.3 is 0 Å². The average molecular weight is 307 g/mol.